The summed E-state index contributed by atoms with van der Waals surface area (Å²) in [6.45, 7) is 0.501. The average molecular weight is 532 g/mol. The van der Waals surface area contributed by atoms with Crippen LogP contribution in [0.5, 0.6) is 5.75 Å². The second-order valence-corrected chi connectivity index (χ2v) is 8.83. The molecule has 1 unspecified atom stereocenters. The van der Waals surface area contributed by atoms with Crippen molar-refractivity contribution >= 4 is 11.7 Å². The van der Waals surface area contributed by atoms with Gasteiger partial charge in [0.05, 0.1) is 12.7 Å². The molecule has 2 heterocycles. The van der Waals surface area contributed by atoms with Crippen molar-refractivity contribution in [2.45, 2.75) is 31.6 Å². The Balaban J connectivity index is 1.56. The summed E-state index contributed by atoms with van der Waals surface area (Å²) in [4.78, 5) is 12.5. The Morgan fingerprint density at radius 2 is 1.95 bits per heavy atom. The first-order chi connectivity index (χ1) is 18.1. The van der Waals surface area contributed by atoms with E-state index in [-0.39, 0.29) is 61.0 Å². The number of benzene rings is 2. The fourth-order valence-corrected chi connectivity index (χ4v) is 4.52. The number of ether oxygens (including phenoxy) is 2. The molecule has 1 fully saturated rings. The van der Waals surface area contributed by atoms with Gasteiger partial charge in [0.15, 0.2) is 6.04 Å². The van der Waals surface area contributed by atoms with E-state index >= 15 is 0 Å². The van der Waals surface area contributed by atoms with Crippen LogP contribution in [0.4, 0.5) is 23.4 Å². The number of nitrogen functional groups attached to an aromatic ring is 1. The smallest absolute Gasteiger partial charge is 0.411 e. The number of hydrogen-bond donors (Lipinski definition) is 2. The molecule has 200 valence electrons. The molecule has 0 aliphatic carbocycles. The van der Waals surface area contributed by atoms with E-state index < -0.39 is 29.9 Å². The lowest BCUT2D eigenvalue weighted by molar-refractivity contribution is -0.189. The summed E-state index contributed by atoms with van der Waals surface area (Å²) in [6.07, 6.45) is -4.23. The van der Waals surface area contributed by atoms with Crippen LogP contribution >= 0.6 is 0 Å². The SMILES string of the molecule is COc1ccc(F)cc1C(=O)NCc1ccc(-c2nn(C(C3CCOCC3)C(F)(F)F)c(N)c2C#N)cc1. The first kappa shape index (κ1) is 26.9. The monoisotopic (exact) mass is 531 g/mol. The fraction of sp³-hybridized carbons (Fsp3) is 0.346. The van der Waals surface area contributed by atoms with Gasteiger partial charge in [0, 0.05) is 25.3 Å². The number of carbonyl (C=O) groups excluding carboxylic acids is 1. The van der Waals surface area contributed by atoms with Crippen LogP contribution in [0.1, 0.15) is 40.4 Å². The molecule has 3 aromatic rings. The van der Waals surface area contributed by atoms with E-state index in [2.05, 4.69) is 10.4 Å². The first-order valence-electron chi connectivity index (χ1n) is 11.8. The number of carbonyl (C=O) groups is 1. The average Bonchev–Trinajstić information content (AvgIpc) is 3.22. The Morgan fingerprint density at radius 3 is 2.55 bits per heavy atom. The topological polar surface area (TPSA) is 115 Å². The highest BCUT2D eigenvalue weighted by Crippen LogP contribution is 2.43. The van der Waals surface area contributed by atoms with Gasteiger partial charge in [0.1, 0.15) is 34.7 Å². The number of rotatable bonds is 7. The highest BCUT2D eigenvalue weighted by Gasteiger charge is 2.48. The molecule has 3 N–H and O–H groups in total. The molecule has 12 heteroatoms. The highest BCUT2D eigenvalue weighted by molar-refractivity contribution is 5.96. The van der Waals surface area contributed by atoms with Crippen LogP contribution in [0.3, 0.4) is 0 Å². The second-order valence-electron chi connectivity index (χ2n) is 8.83. The van der Waals surface area contributed by atoms with Gasteiger partial charge in [-0.15, -0.1) is 0 Å². The zero-order valence-electron chi connectivity index (χ0n) is 20.4. The quantitative estimate of drug-likeness (QED) is 0.431. The number of nitrogens with one attached hydrogen (secondary N) is 1. The third-order valence-electron chi connectivity index (χ3n) is 6.46. The molecule has 1 aliphatic rings. The van der Waals surface area contributed by atoms with E-state index in [1.54, 1.807) is 24.3 Å². The summed E-state index contributed by atoms with van der Waals surface area (Å²) in [5, 5.41) is 16.5. The van der Waals surface area contributed by atoms with Crippen LogP contribution in [0, 0.1) is 23.1 Å². The molecular weight excluding hydrogens is 506 g/mol. The molecule has 0 spiro atoms. The number of aromatic nitrogens is 2. The molecule has 8 nitrogen and oxygen atoms in total. The number of hydrogen-bond acceptors (Lipinski definition) is 6. The van der Waals surface area contributed by atoms with Crippen LogP contribution in [-0.4, -0.2) is 42.2 Å². The number of nitriles is 1. The molecule has 1 saturated heterocycles. The number of methoxy groups -OCH3 is 1. The van der Waals surface area contributed by atoms with Crippen molar-refractivity contribution in [3.05, 3.63) is 65.0 Å². The summed E-state index contributed by atoms with van der Waals surface area (Å²) in [6, 6.07) is 9.91. The van der Waals surface area contributed by atoms with Gasteiger partial charge in [0.25, 0.3) is 5.91 Å². The third kappa shape index (κ3) is 5.57. The summed E-state index contributed by atoms with van der Waals surface area (Å²) in [5.41, 5.74) is 6.98. The van der Waals surface area contributed by atoms with Crippen LogP contribution in [0.15, 0.2) is 42.5 Å². The molecular formula is C26H25F4N5O3. The highest BCUT2D eigenvalue weighted by atomic mass is 19.4. The lowest BCUT2D eigenvalue weighted by Crippen LogP contribution is -2.37. The minimum atomic E-state index is -4.63. The summed E-state index contributed by atoms with van der Waals surface area (Å²) in [7, 11) is 1.37. The summed E-state index contributed by atoms with van der Waals surface area (Å²) < 4.78 is 66.9. The van der Waals surface area contributed by atoms with E-state index in [1.165, 1.54) is 19.2 Å². The van der Waals surface area contributed by atoms with Gasteiger partial charge in [0.2, 0.25) is 0 Å². The minimum Gasteiger partial charge on any atom is -0.496 e. The van der Waals surface area contributed by atoms with Gasteiger partial charge in [-0.2, -0.15) is 23.5 Å². The fourth-order valence-electron chi connectivity index (χ4n) is 4.52. The molecule has 0 radical (unpaired) electrons. The molecule has 0 saturated carbocycles. The predicted octanol–water partition coefficient (Wildman–Crippen LogP) is 4.61. The first-order valence-corrected chi connectivity index (χ1v) is 11.8. The second kappa shape index (κ2) is 11.1. The largest absolute Gasteiger partial charge is 0.496 e. The predicted molar refractivity (Wildman–Crippen MR) is 130 cm³/mol. The van der Waals surface area contributed by atoms with E-state index in [9.17, 15) is 27.6 Å². The van der Waals surface area contributed by atoms with Crippen molar-refractivity contribution in [3.63, 3.8) is 0 Å². The zero-order chi connectivity index (χ0) is 27.4. The zero-order valence-corrected chi connectivity index (χ0v) is 20.4. The van der Waals surface area contributed by atoms with Crippen molar-refractivity contribution in [2.75, 3.05) is 26.1 Å². The minimum absolute atomic E-state index is 0.0337. The normalized spacial score (nSPS) is 15.1. The third-order valence-corrected chi connectivity index (χ3v) is 6.46. The lowest BCUT2D eigenvalue weighted by Gasteiger charge is -2.32. The van der Waals surface area contributed by atoms with Crippen LogP contribution in [0.25, 0.3) is 11.3 Å². The van der Waals surface area contributed by atoms with Gasteiger partial charge in [-0.3, -0.25) is 4.79 Å². The van der Waals surface area contributed by atoms with Crippen molar-refractivity contribution in [3.8, 4) is 23.1 Å². The van der Waals surface area contributed by atoms with Crippen molar-refractivity contribution in [2.24, 2.45) is 5.92 Å². The Morgan fingerprint density at radius 1 is 1.26 bits per heavy atom. The van der Waals surface area contributed by atoms with Gasteiger partial charge in [-0.05, 0) is 42.5 Å². The summed E-state index contributed by atoms with van der Waals surface area (Å²) in [5.74, 6) is -2.05. The van der Waals surface area contributed by atoms with Crippen molar-refractivity contribution < 1.29 is 31.8 Å². The van der Waals surface area contributed by atoms with E-state index in [4.69, 9.17) is 15.2 Å². The van der Waals surface area contributed by atoms with Crippen molar-refractivity contribution in [1.29, 1.82) is 5.26 Å². The van der Waals surface area contributed by atoms with Gasteiger partial charge in [-0.1, -0.05) is 24.3 Å². The number of anilines is 1. The maximum atomic E-state index is 14.1. The Hall–Kier alpha value is -4.11. The van der Waals surface area contributed by atoms with Gasteiger partial charge >= 0.3 is 6.18 Å². The molecule has 1 aliphatic heterocycles. The Kier molecular flexibility index (Phi) is 7.87. The number of alkyl halides is 3. The number of halogens is 4. The molecule has 1 amide bonds. The molecule has 4 rings (SSSR count). The van der Waals surface area contributed by atoms with Gasteiger partial charge in [-0.25, -0.2) is 9.07 Å². The molecule has 38 heavy (non-hydrogen) atoms. The molecule has 1 atom stereocenters. The maximum absolute atomic E-state index is 14.1. The van der Waals surface area contributed by atoms with Crippen molar-refractivity contribution in [1.82, 2.24) is 15.1 Å². The van der Waals surface area contributed by atoms with E-state index in [1.807, 2.05) is 6.07 Å². The van der Waals surface area contributed by atoms with Gasteiger partial charge < -0.3 is 20.5 Å². The number of nitrogens with zero attached hydrogens (tertiary/aromatic N) is 3. The van der Waals surface area contributed by atoms with Crippen LogP contribution in [-0.2, 0) is 11.3 Å². The molecule has 1 aromatic heterocycles. The standard InChI is InChI=1S/C26H25F4N5O3/c1-37-21-7-6-18(27)12-19(21)25(36)33-14-15-2-4-16(5-3-15)22-20(13-31)24(32)35(34-22)23(26(28,29)30)17-8-10-38-11-9-17/h2-7,12,17,23H,8-11,14,32H2,1H3,(H,33,36). The molecule has 2 aromatic carbocycles. The molecule has 0 bridgehead atoms. The Labute approximate surface area is 215 Å². The summed E-state index contributed by atoms with van der Waals surface area (Å²) >= 11 is 0. The Bertz CT molecular complexity index is 1340. The van der Waals surface area contributed by atoms with Crippen LogP contribution < -0.4 is 15.8 Å². The van der Waals surface area contributed by atoms with E-state index in [0.29, 0.717) is 15.8 Å². The maximum Gasteiger partial charge on any atom is 0.411 e. The number of amides is 1. The number of nitrogens with two attached hydrogens (primary N) is 1. The van der Waals surface area contributed by atoms with E-state index in [0.717, 1.165) is 6.07 Å². The van der Waals surface area contributed by atoms with Crippen LogP contribution in [0.2, 0.25) is 0 Å². The lowest BCUT2D eigenvalue weighted by atomic mass is 9.91.